The normalized spacial score (nSPS) is 19.5. The van der Waals surface area contributed by atoms with Crippen molar-refractivity contribution in [1.82, 2.24) is 9.88 Å². The molecule has 1 saturated heterocycles. The number of hydrogen-bond acceptors (Lipinski definition) is 7. The zero-order valence-corrected chi connectivity index (χ0v) is 25.9. The predicted octanol–water partition coefficient (Wildman–Crippen LogP) is 6.26. The number of benzene rings is 2. The molecule has 3 heterocycles. The molecule has 2 aliphatic rings. The number of aromatic nitrogens is 1. The Balaban J connectivity index is 1.48. The van der Waals surface area contributed by atoms with Gasteiger partial charge < -0.3 is 23.9 Å². The zero-order chi connectivity index (χ0) is 31.4. The van der Waals surface area contributed by atoms with Crippen molar-refractivity contribution in [2.75, 3.05) is 24.8 Å². The number of nitrogens with zero attached hydrogens (tertiary/aromatic N) is 3. The first-order chi connectivity index (χ1) is 21.2. The van der Waals surface area contributed by atoms with E-state index in [2.05, 4.69) is 18.8 Å². The number of rotatable bonds is 13. The maximum Gasteiger partial charge on any atom is 0.308 e. The van der Waals surface area contributed by atoms with Crippen molar-refractivity contribution in [3.63, 3.8) is 0 Å². The first-order valence-corrected chi connectivity index (χ1v) is 15.6. The number of likely N-dealkylation sites (tertiary alicyclic amines) is 1. The molecular formula is C34H42FN3O6. The first-order valence-electron chi connectivity index (χ1n) is 15.6. The van der Waals surface area contributed by atoms with Gasteiger partial charge in [-0.25, -0.2) is 9.37 Å². The molecule has 1 N–H and O–H groups in total. The van der Waals surface area contributed by atoms with Crippen molar-refractivity contribution < 1.29 is 33.0 Å². The third kappa shape index (κ3) is 6.75. The Morgan fingerprint density at radius 3 is 2.50 bits per heavy atom. The highest BCUT2D eigenvalue weighted by Gasteiger charge is 2.47. The Morgan fingerprint density at radius 1 is 1.09 bits per heavy atom. The minimum Gasteiger partial charge on any atom is -0.481 e. The molecule has 9 nitrogen and oxygen atoms in total. The molecule has 0 unspecified atom stereocenters. The summed E-state index contributed by atoms with van der Waals surface area (Å²) in [6.45, 7) is 8.23. The number of aliphatic carboxylic acids is 1. The lowest BCUT2D eigenvalue weighted by Crippen LogP contribution is -2.48. The van der Waals surface area contributed by atoms with Crippen LogP contribution >= 0.6 is 0 Å². The molecule has 2 aromatic carbocycles. The largest absolute Gasteiger partial charge is 0.481 e. The first kappa shape index (κ1) is 31.5. The quantitative estimate of drug-likeness (QED) is 0.243. The second-order valence-corrected chi connectivity index (χ2v) is 11.9. The highest BCUT2D eigenvalue weighted by molar-refractivity contribution is 5.95. The van der Waals surface area contributed by atoms with Crippen LogP contribution in [0.25, 0.3) is 0 Å². The van der Waals surface area contributed by atoms with E-state index in [-0.39, 0.29) is 37.0 Å². The maximum atomic E-state index is 14.4. The second-order valence-electron chi connectivity index (χ2n) is 11.9. The van der Waals surface area contributed by atoms with Crippen molar-refractivity contribution in [1.29, 1.82) is 0 Å². The van der Waals surface area contributed by atoms with Gasteiger partial charge in [-0.1, -0.05) is 32.8 Å². The summed E-state index contributed by atoms with van der Waals surface area (Å²) in [6.07, 6.45) is 5.94. The van der Waals surface area contributed by atoms with Crippen LogP contribution < -0.4 is 14.4 Å². The Bertz CT molecular complexity index is 1470. The van der Waals surface area contributed by atoms with E-state index in [1.807, 2.05) is 34.9 Å². The molecule has 2 aliphatic heterocycles. The van der Waals surface area contributed by atoms with Gasteiger partial charge in [-0.05, 0) is 74.6 Å². The Kier molecular flexibility index (Phi) is 9.88. The Hall–Kier alpha value is -3.92. The van der Waals surface area contributed by atoms with Gasteiger partial charge in [-0.3, -0.25) is 14.5 Å². The number of halogens is 1. The van der Waals surface area contributed by atoms with Crippen molar-refractivity contribution in [3.05, 3.63) is 71.2 Å². The van der Waals surface area contributed by atoms with Gasteiger partial charge >= 0.3 is 5.97 Å². The van der Waals surface area contributed by atoms with Gasteiger partial charge in [-0.2, -0.15) is 0 Å². The highest BCUT2D eigenvalue weighted by Crippen LogP contribution is 2.43. The molecule has 44 heavy (non-hydrogen) atoms. The van der Waals surface area contributed by atoms with Crippen LogP contribution in [0.4, 0.5) is 10.1 Å². The van der Waals surface area contributed by atoms with E-state index in [9.17, 15) is 19.1 Å². The molecule has 0 bridgehead atoms. The minimum absolute atomic E-state index is 0.0282. The average Bonchev–Trinajstić information content (AvgIpc) is 3.72. The van der Waals surface area contributed by atoms with Crippen LogP contribution in [0.3, 0.4) is 0 Å². The number of amides is 1. The monoisotopic (exact) mass is 607 g/mol. The molecular weight excluding hydrogens is 565 g/mol. The summed E-state index contributed by atoms with van der Waals surface area (Å²) in [5.74, 6) is -0.0725. The minimum atomic E-state index is -0.919. The van der Waals surface area contributed by atoms with Gasteiger partial charge in [-0.15, -0.1) is 0 Å². The molecule has 5 rings (SSSR count). The van der Waals surface area contributed by atoms with Gasteiger partial charge in [0.05, 0.1) is 18.7 Å². The fraction of sp³-hybridized carbons (Fsp3) is 0.500. The van der Waals surface area contributed by atoms with Gasteiger partial charge in [0.25, 0.3) is 0 Å². The number of aryl methyl sites for hydroxylation is 3. The average molecular weight is 608 g/mol. The molecule has 0 saturated carbocycles. The van der Waals surface area contributed by atoms with Crippen molar-refractivity contribution >= 4 is 17.6 Å². The standard InChI is InChI=1S/C34H42FN3O6/c1-5-7-24(8-6-2)38(25-10-11-27(35)21(3)15-25)32(39)19-37-18-26(23-9-13-29-30(16-23)43-20-42-29)33(34(40)41)28(37)12-14-31-36-17-22(4)44-31/h9-11,13,15-17,24,26,28,33H,5-8,12,14,18-20H2,1-4H3,(H,40,41)/t26-,28+,33-/m1/s1. The number of carbonyl (C=O) groups is 2. The summed E-state index contributed by atoms with van der Waals surface area (Å²) in [6, 6.07) is 9.86. The predicted molar refractivity (Wildman–Crippen MR) is 164 cm³/mol. The number of ether oxygens (including phenoxy) is 2. The molecule has 236 valence electrons. The van der Waals surface area contributed by atoms with Gasteiger partial charge in [0, 0.05) is 36.7 Å². The summed E-state index contributed by atoms with van der Waals surface area (Å²) in [4.78, 5) is 35.4. The smallest absolute Gasteiger partial charge is 0.308 e. The lowest BCUT2D eigenvalue weighted by atomic mass is 9.83. The van der Waals surface area contributed by atoms with Crippen molar-refractivity contribution in [3.8, 4) is 11.5 Å². The maximum absolute atomic E-state index is 14.4. The van der Waals surface area contributed by atoms with E-state index in [0.717, 1.165) is 31.2 Å². The van der Waals surface area contributed by atoms with Gasteiger partial charge in [0.15, 0.2) is 17.4 Å². The molecule has 0 spiro atoms. The molecule has 1 aromatic heterocycles. The molecule has 1 fully saturated rings. The fourth-order valence-corrected chi connectivity index (χ4v) is 6.78. The van der Waals surface area contributed by atoms with Crippen LogP contribution in [-0.2, 0) is 16.0 Å². The van der Waals surface area contributed by atoms with E-state index >= 15 is 0 Å². The van der Waals surface area contributed by atoms with Crippen molar-refractivity contribution in [2.24, 2.45) is 5.92 Å². The number of oxazole rings is 1. The summed E-state index contributed by atoms with van der Waals surface area (Å²) in [5.41, 5.74) is 1.96. The van der Waals surface area contributed by atoms with E-state index in [1.165, 1.54) is 6.07 Å². The summed E-state index contributed by atoms with van der Waals surface area (Å²) in [5, 5.41) is 10.6. The SMILES string of the molecule is CCCC(CCC)N(C(=O)CN1C[C@H](c2ccc3c(c2)OCO3)[C@@H](C(=O)O)[C@@H]1CCc1ncc(C)o1)c1ccc(F)c(C)c1. The lowest BCUT2D eigenvalue weighted by Gasteiger charge is -2.35. The Morgan fingerprint density at radius 2 is 1.84 bits per heavy atom. The van der Waals surface area contributed by atoms with Crippen LogP contribution in [0.5, 0.6) is 11.5 Å². The van der Waals surface area contributed by atoms with Crippen LogP contribution in [-0.4, -0.2) is 58.8 Å². The third-order valence-corrected chi connectivity index (χ3v) is 8.82. The number of fused-ring (bicyclic) bond motifs is 1. The van der Waals surface area contributed by atoms with E-state index in [1.54, 1.807) is 25.3 Å². The molecule has 0 radical (unpaired) electrons. The van der Waals surface area contributed by atoms with Crippen molar-refractivity contribution in [2.45, 2.75) is 84.2 Å². The third-order valence-electron chi connectivity index (χ3n) is 8.82. The molecule has 0 aliphatic carbocycles. The van der Waals surface area contributed by atoms with Gasteiger partial charge in [0.1, 0.15) is 11.6 Å². The van der Waals surface area contributed by atoms with Crippen LogP contribution in [0.2, 0.25) is 0 Å². The number of hydrogen-bond donors (Lipinski definition) is 1. The number of carboxylic acids is 1. The van der Waals surface area contributed by atoms with Crippen LogP contribution in [0.1, 0.15) is 74.6 Å². The van der Waals surface area contributed by atoms with E-state index in [4.69, 9.17) is 13.9 Å². The molecule has 3 aromatic rings. The highest BCUT2D eigenvalue weighted by atomic mass is 19.1. The number of carboxylic acid groups (broad SMARTS) is 1. The van der Waals surface area contributed by atoms with E-state index < -0.39 is 17.9 Å². The summed E-state index contributed by atoms with van der Waals surface area (Å²) < 4.78 is 31.1. The van der Waals surface area contributed by atoms with E-state index in [0.29, 0.717) is 53.8 Å². The van der Waals surface area contributed by atoms with Crippen LogP contribution in [0, 0.1) is 25.6 Å². The number of carbonyl (C=O) groups excluding carboxylic acids is 1. The number of anilines is 1. The zero-order valence-electron chi connectivity index (χ0n) is 25.9. The Labute approximate surface area is 258 Å². The molecule has 3 atom stereocenters. The fourth-order valence-electron chi connectivity index (χ4n) is 6.78. The molecule has 10 heteroatoms. The summed E-state index contributed by atoms with van der Waals surface area (Å²) >= 11 is 0. The van der Waals surface area contributed by atoms with Gasteiger partial charge in [0.2, 0.25) is 12.7 Å². The summed E-state index contributed by atoms with van der Waals surface area (Å²) in [7, 11) is 0. The van der Waals surface area contributed by atoms with Crippen LogP contribution in [0.15, 0.2) is 47.0 Å². The molecule has 1 amide bonds. The lowest BCUT2D eigenvalue weighted by molar-refractivity contribution is -0.143. The topological polar surface area (TPSA) is 105 Å². The second kappa shape index (κ2) is 13.8.